The van der Waals surface area contributed by atoms with Crippen molar-refractivity contribution in [3.05, 3.63) is 0 Å². The number of hydrogen-bond acceptors (Lipinski definition) is 3. The summed E-state index contributed by atoms with van der Waals surface area (Å²) in [6, 6.07) is -0.792. The van der Waals surface area contributed by atoms with Gasteiger partial charge in [0.1, 0.15) is 11.9 Å². The molecule has 0 amide bonds. The minimum Gasteiger partial charge on any atom is -0.356 e. The molecule has 0 radical (unpaired) electrons. The van der Waals surface area contributed by atoms with E-state index in [1.54, 1.807) is 0 Å². The average molecular weight is 175 g/mol. The van der Waals surface area contributed by atoms with Crippen LogP contribution in [0, 0.1) is 0 Å². The van der Waals surface area contributed by atoms with Crippen molar-refractivity contribution in [3.63, 3.8) is 0 Å². The number of aliphatic imine (C=N–C) groups is 1. The van der Waals surface area contributed by atoms with Gasteiger partial charge in [0.2, 0.25) is 0 Å². The molecule has 12 heavy (non-hydrogen) atoms. The Morgan fingerprint density at radius 2 is 2.42 bits per heavy atom. The molecule has 5 heteroatoms. The molecule has 2 aliphatic heterocycles. The van der Waals surface area contributed by atoms with Crippen LogP contribution in [0.1, 0.15) is 0 Å². The van der Waals surface area contributed by atoms with E-state index in [0.717, 1.165) is 18.9 Å². The highest BCUT2D eigenvalue weighted by Crippen LogP contribution is 2.16. The summed E-state index contributed by atoms with van der Waals surface area (Å²) in [6.07, 6.45) is -2.32. The summed E-state index contributed by atoms with van der Waals surface area (Å²) >= 11 is 0. The third-order valence-corrected chi connectivity index (χ3v) is 2.22. The van der Waals surface area contributed by atoms with Crippen LogP contribution in [0.5, 0.6) is 0 Å². The molecular formula is C7H11F2N3. The first-order chi connectivity index (χ1) is 5.77. The maximum atomic E-state index is 12.2. The largest absolute Gasteiger partial charge is 0.356 e. The van der Waals surface area contributed by atoms with Gasteiger partial charge in [-0.1, -0.05) is 0 Å². The molecule has 0 bridgehead atoms. The Labute approximate surface area is 69.5 Å². The van der Waals surface area contributed by atoms with E-state index >= 15 is 0 Å². The van der Waals surface area contributed by atoms with Crippen LogP contribution in [-0.2, 0) is 0 Å². The number of halogens is 2. The van der Waals surface area contributed by atoms with Gasteiger partial charge in [0.05, 0.1) is 6.54 Å². The van der Waals surface area contributed by atoms with Gasteiger partial charge in [0, 0.05) is 19.6 Å². The lowest BCUT2D eigenvalue weighted by atomic mass is 10.3. The van der Waals surface area contributed by atoms with Gasteiger partial charge in [0.15, 0.2) is 0 Å². The Balaban J connectivity index is 2.05. The van der Waals surface area contributed by atoms with Gasteiger partial charge in [-0.05, 0) is 0 Å². The van der Waals surface area contributed by atoms with E-state index in [2.05, 4.69) is 10.3 Å². The summed E-state index contributed by atoms with van der Waals surface area (Å²) in [6.45, 7) is 2.72. The van der Waals surface area contributed by atoms with E-state index in [1.807, 2.05) is 4.90 Å². The minimum atomic E-state index is -2.32. The van der Waals surface area contributed by atoms with Crippen LogP contribution in [-0.4, -0.2) is 49.4 Å². The van der Waals surface area contributed by atoms with Crippen molar-refractivity contribution in [3.8, 4) is 0 Å². The van der Waals surface area contributed by atoms with Crippen molar-refractivity contribution in [1.29, 1.82) is 0 Å². The normalized spacial score (nSPS) is 29.1. The number of fused-ring (bicyclic) bond motifs is 1. The predicted molar refractivity (Wildman–Crippen MR) is 41.7 cm³/mol. The van der Waals surface area contributed by atoms with Gasteiger partial charge in [0.25, 0.3) is 6.43 Å². The molecule has 2 rings (SSSR count). The highest BCUT2D eigenvalue weighted by molar-refractivity contribution is 5.86. The molecule has 1 fully saturated rings. The smallest absolute Gasteiger partial charge is 0.262 e. The lowest BCUT2D eigenvalue weighted by Crippen LogP contribution is -2.46. The molecule has 0 spiro atoms. The zero-order valence-corrected chi connectivity index (χ0v) is 6.63. The summed E-state index contributed by atoms with van der Waals surface area (Å²) in [5.41, 5.74) is 0. The van der Waals surface area contributed by atoms with Gasteiger partial charge >= 0.3 is 0 Å². The zero-order valence-electron chi connectivity index (χ0n) is 6.63. The molecule has 2 aliphatic rings. The fourth-order valence-electron chi connectivity index (χ4n) is 1.57. The SMILES string of the molecule is FC(F)C1CN2CCNCC2=N1. The van der Waals surface area contributed by atoms with Crippen molar-refractivity contribution in [1.82, 2.24) is 10.2 Å². The van der Waals surface area contributed by atoms with Crippen LogP contribution in [0.15, 0.2) is 4.99 Å². The Kier molecular flexibility index (Phi) is 1.96. The Hall–Kier alpha value is -0.710. The van der Waals surface area contributed by atoms with Crippen molar-refractivity contribution >= 4 is 5.84 Å². The lowest BCUT2D eigenvalue weighted by molar-refractivity contribution is 0.113. The highest BCUT2D eigenvalue weighted by atomic mass is 19.3. The number of hydrogen-bond donors (Lipinski definition) is 1. The standard InChI is InChI=1S/C7H11F2N3/c8-7(9)5-4-12-2-1-10-3-6(12)11-5/h5,7,10H,1-4H2. The third kappa shape index (κ3) is 1.29. The van der Waals surface area contributed by atoms with Crippen LogP contribution in [0.3, 0.4) is 0 Å². The number of alkyl halides is 2. The van der Waals surface area contributed by atoms with Gasteiger partial charge in [-0.15, -0.1) is 0 Å². The summed E-state index contributed by atoms with van der Waals surface area (Å²) in [5.74, 6) is 0.798. The molecule has 0 aromatic carbocycles. The molecule has 1 atom stereocenters. The second-order valence-electron chi connectivity index (χ2n) is 3.07. The Morgan fingerprint density at radius 3 is 3.08 bits per heavy atom. The van der Waals surface area contributed by atoms with Crippen LogP contribution in [0.2, 0.25) is 0 Å². The first kappa shape index (κ1) is 7.91. The second kappa shape index (κ2) is 2.97. The van der Waals surface area contributed by atoms with Crippen molar-refractivity contribution in [2.75, 3.05) is 26.2 Å². The lowest BCUT2D eigenvalue weighted by Gasteiger charge is -2.25. The summed E-state index contributed by atoms with van der Waals surface area (Å²) in [4.78, 5) is 5.88. The molecule has 1 unspecified atom stereocenters. The van der Waals surface area contributed by atoms with E-state index in [4.69, 9.17) is 0 Å². The van der Waals surface area contributed by atoms with E-state index < -0.39 is 12.5 Å². The topological polar surface area (TPSA) is 27.6 Å². The molecule has 0 aromatic heterocycles. The molecule has 1 saturated heterocycles. The van der Waals surface area contributed by atoms with Gasteiger partial charge < -0.3 is 10.2 Å². The van der Waals surface area contributed by atoms with Crippen LogP contribution in [0.4, 0.5) is 8.78 Å². The second-order valence-corrected chi connectivity index (χ2v) is 3.07. The third-order valence-electron chi connectivity index (χ3n) is 2.22. The predicted octanol–water partition coefficient (Wildman–Crippen LogP) is -0.0626. The zero-order chi connectivity index (χ0) is 8.55. The van der Waals surface area contributed by atoms with Crippen LogP contribution >= 0.6 is 0 Å². The molecule has 2 heterocycles. The maximum Gasteiger partial charge on any atom is 0.262 e. The molecule has 68 valence electrons. The number of nitrogens with zero attached hydrogens (tertiary/aromatic N) is 2. The summed E-state index contributed by atoms with van der Waals surface area (Å²) in [5, 5.41) is 3.10. The van der Waals surface area contributed by atoms with Crippen LogP contribution in [0.25, 0.3) is 0 Å². The molecule has 3 nitrogen and oxygen atoms in total. The minimum absolute atomic E-state index is 0.398. The van der Waals surface area contributed by atoms with Crippen molar-refractivity contribution in [2.24, 2.45) is 4.99 Å². The van der Waals surface area contributed by atoms with E-state index in [0.29, 0.717) is 13.1 Å². The van der Waals surface area contributed by atoms with Crippen molar-refractivity contribution in [2.45, 2.75) is 12.5 Å². The number of nitrogens with one attached hydrogen (secondary N) is 1. The van der Waals surface area contributed by atoms with E-state index in [1.165, 1.54) is 0 Å². The first-order valence-electron chi connectivity index (χ1n) is 4.08. The Bertz CT molecular complexity index is 205. The number of piperazine rings is 1. The van der Waals surface area contributed by atoms with E-state index in [9.17, 15) is 8.78 Å². The summed E-state index contributed by atoms with van der Waals surface area (Å²) in [7, 11) is 0. The molecule has 1 N–H and O–H groups in total. The quantitative estimate of drug-likeness (QED) is 0.604. The fraction of sp³-hybridized carbons (Fsp3) is 0.857. The number of rotatable bonds is 1. The van der Waals surface area contributed by atoms with Crippen LogP contribution < -0.4 is 5.32 Å². The Morgan fingerprint density at radius 1 is 1.58 bits per heavy atom. The molecule has 0 saturated carbocycles. The van der Waals surface area contributed by atoms with Crippen molar-refractivity contribution < 1.29 is 8.78 Å². The monoisotopic (exact) mass is 175 g/mol. The maximum absolute atomic E-state index is 12.2. The summed E-state index contributed by atoms with van der Waals surface area (Å²) < 4.78 is 24.5. The van der Waals surface area contributed by atoms with Gasteiger partial charge in [-0.2, -0.15) is 0 Å². The number of amidine groups is 1. The van der Waals surface area contributed by atoms with E-state index in [-0.39, 0.29) is 0 Å². The average Bonchev–Trinajstić information content (AvgIpc) is 2.46. The molecular weight excluding hydrogens is 164 g/mol. The first-order valence-corrected chi connectivity index (χ1v) is 4.08. The highest BCUT2D eigenvalue weighted by Gasteiger charge is 2.31. The van der Waals surface area contributed by atoms with Gasteiger partial charge in [-0.3, -0.25) is 4.99 Å². The van der Waals surface area contributed by atoms with Gasteiger partial charge in [-0.25, -0.2) is 8.78 Å². The molecule has 0 aromatic rings. The molecule has 0 aliphatic carbocycles. The fourth-order valence-corrected chi connectivity index (χ4v) is 1.57.